The average Bonchev–Trinajstić information content (AvgIpc) is 3.08. The SMILES string of the molecule is Cc1c(OC(C)C(=O)N2CCCN(C)CC2)ccc2c3c(c(=O)oc12)CCC3. The molecule has 28 heavy (non-hydrogen) atoms. The summed E-state index contributed by atoms with van der Waals surface area (Å²) < 4.78 is 11.7. The first-order valence-electron chi connectivity index (χ1n) is 10.2. The number of carbonyl (C=O) groups excluding carboxylic acids is 1. The molecule has 2 aromatic rings. The standard InChI is InChI=1S/C22H28N2O4/c1-14-19(27-15(2)21(25)24-11-5-10-23(3)12-13-24)9-8-17-16-6-4-7-18(16)22(26)28-20(14)17/h8-9,15H,4-7,10-13H2,1-3H3. The lowest BCUT2D eigenvalue weighted by Gasteiger charge is -2.25. The second-order valence-electron chi connectivity index (χ2n) is 8.01. The molecule has 1 unspecified atom stereocenters. The van der Waals surface area contributed by atoms with E-state index < -0.39 is 6.10 Å². The van der Waals surface area contributed by atoms with Crippen molar-refractivity contribution in [2.45, 2.75) is 45.6 Å². The fourth-order valence-corrected chi connectivity index (χ4v) is 4.36. The van der Waals surface area contributed by atoms with Gasteiger partial charge in [-0.3, -0.25) is 4.79 Å². The molecule has 4 rings (SSSR count). The zero-order chi connectivity index (χ0) is 19.8. The molecular formula is C22H28N2O4. The second kappa shape index (κ2) is 7.59. The van der Waals surface area contributed by atoms with Gasteiger partial charge in [0.15, 0.2) is 6.10 Å². The quantitative estimate of drug-likeness (QED) is 0.761. The molecule has 1 saturated heterocycles. The summed E-state index contributed by atoms with van der Waals surface area (Å²) in [6.45, 7) is 7.05. The number of aryl methyl sites for hydroxylation is 2. The molecule has 2 aliphatic rings. The summed E-state index contributed by atoms with van der Waals surface area (Å²) in [5, 5.41) is 0.992. The number of fused-ring (bicyclic) bond motifs is 3. The Morgan fingerprint density at radius 2 is 1.89 bits per heavy atom. The third kappa shape index (κ3) is 3.41. The van der Waals surface area contributed by atoms with Gasteiger partial charge < -0.3 is 19.0 Å². The van der Waals surface area contributed by atoms with Crippen LogP contribution >= 0.6 is 0 Å². The largest absolute Gasteiger partial charge is 0.480 e. The van der Waals surface area contributed by atoms with Gasteiger partial charge in [-0.05, 0) is 70.8 Å². The van der Waals surface area contributed by atoms with Crippen molar-refractivity contribution in [3.63, 3.8) is 0 Å². The van der Waals surface area contributed by atoms with Gasteiger partial charge in [0.2, 0.25) is 0 Å². The molecule has 150 valence electrons. The van der Waals surface area contributed by atoms with Gasteiger partial charge in [-0.15, -0.1) is 0 Å². The van der Waals surface area contributed by atoms with Crippen molar-refractivity contribution in [1.29, 1.82) is 0 Å². The molecule has 0 saturated carbocycles. The fourth-order valence-electron chi connectivity index (χ4n) is 4.36. The minimum Gasteiger partial charge on any atom is -0.480 e. The van der Waals surface area contributed by atoms with Gasteiger partial charge in [-0.25, -0.2) is 4.79 Å². The summed E-state index contributed by atoms with van der Waals surface area (Å²) in [6.07, 6.45) is 3.09. The number of carbonyl (C=O) groups is 1. The van der Waals surface area contributed by atoms with E-state index in [1.54, 1.807) is 6.92 Å². The van der Waals surface area contributed by atoms with Crippen LogP contribution in [0.5, 0.6) is 5.75 Å². The Labute approximate surface area is 165 Å². The Hall–Kier alpha value is -2.34. The Balaban J connectivity index is 1.58. The van der Waals surface area contributed by atoms with Crippen molar-refractivity contribution in [3.8, 4) is 5.75 Å². The number of hydrogen-bond acceptors (Lipinski definition) is 5. The van der Waals surface area contributed by atoms with Crippen LogP contribution in [0, 0.1) is 6.92 Å². The molecule has 0 spiro atoms. The summed E-state index contributed by atoms with van der Waals surface area (Å²) in [4.78, 5) is 29.3. The van der Waals surface area contributed by atoms with Crippen LogP contribution in [0.4, 0.5) is 0 Å². The summed E-state index contributed by atoms with van der Waals surface area (Å²) in [6, 6.07) is 3.86. The molecule has 2 heterocycles. The van der Waals surface area contributed by atoms with Gasteiger partial charge in [0.05, 0.1) is 0 Å². The van der Waals surface area contributed by atoms with Gasteiger partial charge in [-0.1, -0.05) is 0 Å². The molecule has 6 heteroatoms. The third-order valence-corrected chi connectivity index (χ3v) is 6.02. The Bertz CT molecular complexity index is 965. The topological polar surface area (TPSA) is 63.0 Å². The Morgan fingerprint density at radius 1 is 1.11 bits per heavy atom. The van der Waals surface area contributed by atoms with E-state index in [-0.39, 0.29) is 11.5 Å². The highest BCUT2D eigenvalue weighted by molar-refractivity contribution is 5.86. The Kier molecular flexibility index (Phi) is 5.15. The lowest BCUT2D eigenvalue weighted by Crippen LogP contribution is -2.42. The van der Waals surface area contributed by atoms with Crippen LogP contribution in [0.1, 0.15) is 36.5 Å². The monoisotopic (exact) mass is 384 g/mol. The Morgan fingerprint density at radius 3 is 2.71 bits per heavy atom. The zero-order valence-electron chi connectivity index (χ0n) is 16.9. The highest BCUT2D eigenvalue weighted by Gasteiger charge is 2.26. The van der Waals surface area contributed by atoms with E-state index in [9.17, 15) is 9.59 Å². The average molecular weight is 384 g/mol. The molecule has 1 aromatic heterocycles. The van der Waals surface area contributed by atoms with Crippen LogP contribution < -0.4 is 10.4 Å². The first-order valence-corrected chi connectivity index (χ1v) is 10.2. The van der Waals surface area contributed by atoms with Crippen LogP contribution in [-0.4, -0.2) is 55.0 Å². The van der Waals surface area contributed by atoms with E-state index in [1.807, 2.05) is 24.0 Å². The van der Waals surface area contributed by atoms with Crippen molar-refractivity contribution >= 4 is 16.9 Å². The molecule has 0 bridgehead atoms. The fraction of sp³-hybridized carbons (Fsp3) is 0.545. The number of nitrogens with zero attached hydrogens (tertiary/aromatic N) is 2. The molecular weight excluding hydrogens is 356 g/mol. The number of hydrogen-bond donors (Lipinski definition) is 0. The summed E-state index contributed by atoms with van der Waals surface area (Å²) >= 11 is 0. The van der Waals surface area contributed by atoms with Gasteiger partial charge in [0, 0.05) is 36.1 Å². The lowest BCUT2D eigenvalue weighted by molar-refractivity contribution is -0.137. The number of benzene rings is 1. The summed E-state index contributed by atoms with van der Waals surface area (Å²) in [7, 11) is 2.08. The van der Waals surface area contributed by atoms with Crippen molar-refractivity contribution < 1.29 is 13.9 Å². The van der Waals surface area contributed by atoms with E-state index in [0.717, 1.165) is 73.9 Å². The number of rotatable bonds is 3. The predicted molar refractivity (Wildman–Crippen MR) is 108 cm³/mol. The van der Waals surface area contributed by atoms with Crippen LogP contribution in [0.2, 0.25) is 0 Å². The molecule has 1 aromatic carbocycles. The molecule has 1 aliphatic heterocycles. The van der Waals surface area contributed by atoms with Crippen molar-refractivity contribution in [2.75, 3.05) is 33.2 Å². The van der Waals surface area contributed by atoms with E-state index >= 15 is 0 Å². The summed E-state index contributed by atoms with van der Waals surface area (Å²) in [5.41, 5.74) is 3.05. The smallest absolute Gasteiger partial charge is 0.339 e. The van der Waals surface area contributed by atoms with Crippen molar-refractivity contribution in [3.05, 3.63) is 39.2 Å². The van der Waals surface area contributed by atoms with Crippen molar-refractivity contribution in [1.82, 2.24) is 9.80 Å². The van der Waals surface area contributed by atoms with Gasteiger partial charge >= 0.3 is 5.63 Å². The maximum absolute atomic E-state index is 12.9. The molecule has 0 radical (unpaired) electrons. The van der Waals surface area contributed by atoms with Crippen molar-refractivity contribution in [2.24, 2.45) is 0 Å². The highest BCUT2D eigenvalue weighted by atomic mass is 16.5. The normalized spacial score (nSPS) is 18.8. The predicted octanol–water partition coefficient (Wildman–Crippen LogP) is 2.52. The van der Waals surface area contributed by atoms with E-state index in [0.29, 0.717) is 11.3 Å². The van der Waals surface area contributed by atoms with Crippen LogP contribution in [0.15, 0.2) is 21.3 Å². The molecule has 1 fully saturated rings. The van der Waals surface area contributed by atoms with E-state index in [4.69, 9.17) is 9.15 Å². The van der Waals surface area contributed by atoms with E-state index in [1.165, 1.54) is 0 Å². The molecule has 6 nitrogen and oxygen atoms in total. The highest BCUT2D eigenvalue weighted by Crippen LogP contribution is 2.33. The van der Waals surface area contributed by atoms with Crippen LogP contribution in [0.25, 0.3) is 11.0 Å². The third-order valence-electron chi connectivity index (χ3n) is 6.02. The first kappa shape index (κ1) is 19.0. The minimum atomic E-state index is -0.583. The maximum atomic E-state index is 12.9. The maximum Gasteiger partial charge on any atom is 0.339 e. The molecule has 0 N–H and O–H groups in total. The van der Waals surface area contributed by atoms with Crippen LogP contribution in [0.3, 0.4) is 0 Å². The van der Waals surface area contributed by atoms with Gasteiger partial charge in [0.25, 0.3) is 5.91 Å². The minimum absolute atomic E-state index is 0.00482. The number of ether oxygens (including phenoxy) is 1. The van der Waals surface area contributed by atoms with Gasteiger partial charge in [0.1, 0.15) is 11.3 Å². The van der Waals surface area contributed by atoms with E-state index in [2.05, 4.69) is 11.9 Å². The first-order chi connectivity index (χ1) is 13.5. The number of amides is 1. The second-order valence-corrected chi connectivity index (χ2v) is 8.01. The molecule has 1 atom stereocenters. The zero-order valence-corrected chi connectivity index (χ0v) is 16.9. The lowest BCUT2D eigenvalue weighted by atomic mass is 10.0. The summed E-state index contributed by atoms with van der Waals surface area (Å²) in [5.74, 6) is 0.603. The van der Waals surface area contributed by atoms with Gasteiger partial charge in [-0.2, -0.15) is 0 Å². The molecule has 1 amide bonds. The number of likely N-dealkylation sites (N-methyl/N-ethyl adjacent to an activating group) is 1. The molecule has 1 aliphatic carbocycles. The van der Waals surface area contributed by atoms with Crippen LogP contribution in [-0.2, 0) is 17.6 Å².